The van der Waals surface area contributed by atoms with Crippen LogP contribution in [0.4, 0.5) is 5.82 Å². The fourth-order valence-corrected chi connectivity index (χ4v) is 3.27. The van der Waals surface area contributed by atoms with E-state index >= 15 is 0 Å². The molecule has 1 aromatic heterocycles. The van der Waals surface area contributed by atoms with Crippen molar-refractivity contribution in [3.8, 4) is 0 Å². The second-order valence-electron chi connectivity index (χ2n) is 7.45. The number of rotatable bonds is 8. The van der Waals surface area contributed by atoms with Gasteiger partial charge in [0.05, 0.1) is 5.56 Å². The lowest BCUT2D eigenvalue weighted by Gasteiger charge is -2.36. The van der Waals surface area contributed by atoms with E-state index in [4.69, 9.17) is 0 Å². The first-order chi connectivity index (χ1) is 13.0. The summed E-state index contributed by atoms with van der Waals surface area (Å²) in [5, 5.41) is 2.95. The van der Waals surface area contributed by atoms with Gasteiger partial charge >= 0.3 is 0 Å². The zero-order valence-corrected chi connectivity index (χ0v) is 17.2. The van der Waals surface area contributed by atoms with Crippen molar-refractivity contribution < 1.29 is 9.59 Å². The number of pyridine rings is 1. The monoisotopic (exact) mass is 374 g/mol. The predicted molar refractivity (Wildman–Crippen MR) is 109 cm³/mol. The molecule has 0 aromatic carbocycles. The Kier molecular flexibility index (Phi) is 8.07. The van der Waals surface area contributed by atoms with Crippen LogP contribution in [0.5, 0.6) is 0 Å². The van der Waals surface area contributed by atoms with Gasteiger partial charge in [-0.15, -0.1) is 0 Å². The molecule has 1 N–H and O–H groups in total. The Labute approximate surface area is 163 Å². The lowest BCUT2D eigenvalue weighted by Crippen LogP contribution is -2.50. The minimum absolute atomic E-state index is 0.0741. The number of nitrogens with one attached hydrogen (secondary N) is 1. The molecule has 1 aromatic rings. The van der Waals surface area contributed by atoms with Gasteiger partial charge in [-0.2, -0.15) is 0 Å². The zero-order chi connectivity index (χ0) is 19.8. The third kappa shape index (κ3) is 5.68. The van der Waals surface area contributed by atoms with Crippen LogP contribution >= 0.6 is 0 Å². The van der Waals surface area contributed by atoms with Crippen molar-refractivity contribution in [2.24, 2.45) is 11.8 Å². The minimum atomic E-state index is -0.0741. The van der Waals surface area contributed by atoms with Crippen molar-refractivity contribution in [3.05, 3.63) is 23.9 Å². The quantitative estimate of drug-likeness (QED) is 0.760. The molecule has 150 valence electrons. The summed E-state index contributed by atoms with van der Waals surface area (Å²) in [5.41, 5.74) is 0.588. The molecule has 2 rings (SSSR count). The highest BCUT2D eigenvalue weighted by Crippen LogP contribution is 2.17. The fourth-order valence-electron chi connectivity index (χ4n) is 3.27. The number of piperazine rings is 1. The van der Waals surface area contributed by atoms with E-state index in [0.717, 1.165) is 51.3 Å². The Morgan fingerprint density at radius 2 is 1.74 bits per heavy atom. The van der Waals surface area contributed by atoms with Crippen LogP contribution in [0.25, 0.3) is 0 Å². The molecule has 0 aliphatic carbocycles. The summed E-state index contributed by atoms with van der Waals surface area (Å²) in [7, 11) is 0. The maximum atomic E-state index is 12.5. The Morgan fingerprint density at radius 3 is 2.26 bits per heavy atom. The number of hydrogen-bond donors (Lipinski definition) is 1. The van der Waals surface area contributed by atoms with Crippen molar-refractivity contribution >= 4 is 17.6 Å². The van der Waals surface area contributed by atoms with Crippen LogP contribution in [0.3, 0.4) is 0 Å². The molecule has 1 aliphatic heterocycles. The second kappa shape index (κ2) is 10.3. The van der Waals surface area contributed by atoms with Crippen molar-refractivity contribution in [3.63, 3.8) is 0 Å². The summed E-state index contributed by atoms with van der Waals surface area (Å²) in [5.74, 6) is 1.68. The lowest BCUT2D eigenvalue weighted by molar-refractivity contribution is -0.136. The standard InChI is InChI=1S/C21H34N4O2/c1-5-16(4)14-23-20(26)18-8-9-19(22-15-18)24-10-12-25(13-11-24)21(27)17(6-2)7-3/h8-9,15-17H,5-7,10-14H2,1-4H3,(H,23,26). The zero-order valence-electron chi connectivity index (χ0n) is 17.2. The molecule has 1 atom stereocenters. The van der Waals surface area contributed by atoms with Crippen LogP contribution < -0.4 is 10.2 Å². The summed E-state index contributed by atoms with van der Waals surface area (Å²) in [4.78, 5) is 33.3. The summed E-state index contributed by atoms with van der Waals surface area (Å²) in [6, 6.07) is 3.73. The SMILES string of the molecule is CCC(C)CNC(=O)c1ccc(N2CCN(C(=O)C(CC)CC)CC2)nc1. The first kappa shape index (κ1) is 21.2. The number of nitrogens with zero attached hydrogens (tertiary/aromatic N) is 3. The highest BCUT2D eigenvalue weighted by atomic mass is 16.2. The van der Waals surface area contributed by atoms with Crippen LogP contribution in [0.15, 0.2) is 18.3 Å². The second-order valence-corrected chi connectivity index (χ2v) is 7.45. The minimum Gasteiger partial charge on any atom is -0.353 e. The normalized spacial score (nSPS) is 15.7. The maximum Gasteiger partial charge on any atom is 0.252 e. The van der Waals surface area contributed by atoms with Gasteiger partial charge in [0, 0.05) is 44.8 Å². The first-order valence-electron chi connectivity index (χ1n) is 10.3. The van der Waals surface area contributed by atoms with Crippen LogP contribution in [-0.2, 0) is 4.79 Å². The van der Waals surface area contributed by atoms with E-state index in [1.165, 1.54) is 0 Å². The molecular weight excluding hydrogens is 340 g/mol. The van der Waals surface area contributed by atoms with Crippen molar-refractivity contribution in [1.82, 2.24) is 15.2 Å². The highest BCUT2D eigenvalue weighted by molar-refractivity contribution is 5.94. The van der Waals surface area contributed by atoms with E-state index < -0.39 is 0 Å². The average molecular weight is 375 g/mol. The number of hydrogen-bond acceptors (Lipinski definition) is 4. The molecule has 1 aliphatic rings. The van der Waals surface area contributed by atoms with Gasteiger partial charge in [-0.05, 0) is 30.9 Å². The summed E-state index contributed by atoms with van der Waals surface area (Å²) in [6.45, 7) is 12.1. The molecule has 6 heteroatoms. The number of carbonyl (C=O) groups excluding carboxylic acids is 2. The van der Waals surface area contributed by atoms with Gasteiger partial charge in [0.2, 0.25) is 5.91 Å². The first-order valence-corrected chi connectivity index (χ1v) is 10.3. The molecule has 0 spiro atoms. The Morgan fingerprint density at radius 1 is 1.07 bits per heavy atom. The smallest absolute Gasteiger partial charge is 0.252 e. The molecule has 27 heavy (non-hydrogen) atoms. The number of aromatic nitrogens is 1. The van der Waals surface area contributed by atoms with E-state index in [9.17, 15) is 9.59 Å². The van der Waals surface area contributed by atoms with Crippen LogP contribution in [-0.4, -0.2) is 54.4 Å². The van der Waals surface area contributed by atoms with Gasteiger partial charge in [0.15, 0.2) is 0 Å². The molecule has 2 amide bonds. The van der Waals surface area contributed by atoms with Gasteiger partial charge in [-0.3, -0.25) is 9.59 Å². The molecule has 2 heterocycles. The molecule has 6 nitrogen and oxygen atoms in total. The maximum absolute atomic E-state index is 12.5. The van der Waals surface area contributed by atoms with Gasteiger partial charge in [0.25, 0.3) is 5.91 Å². The van der Waals surface area contributed by atoms with Crippen LogP contribution in [0, 0.1) is 11.8 Å². The molecule has 0 radical (unpaired) electrons. The van der Waals surface area contributed by atoms with Crippen molar-refractivity contribution in [1.29, 1.82) is 0 Å². The summed E-state index contributed by atoms with van der Waals surface area (Å²) < 4.78 is 0. The average Bonchev–Trinajstić information content (AvgIpc) is 2.72. The van der Waals surface area contributed by atoms with Gasteiger partial charge < -0.3 is 15.1 Å². The topological polar surface area (TPSA) is 65.5 Å². The van der Waals surface area contributed by atoms with E-state index in [2.05, 4.69) is 42.9 Å². The third-order valence-corrected chi connectivity index (χ3v) is 5.57. The van der Waals surface area contributed by atoms with Crippen LogP contribution in [0.2, 0.25) is 0 Å². The van der Waals surface area contributed by atoms with Gasteiger partial charge in [-0.25, -0.2) is 4.98 Å². The Hall–Kier alpha value is -2.11. The number of anilines is 1. The van der Waals surface area contributed by atoms with E-state index in [-0.39, 0.29) is 17.7 Å². The van der Waals surface area contributed by atoms with E-state index in [1.807, 2.05) is 17.0 Å². The Balaban J connectivity index is 1.88. The molecular formula is C21H34N4O2. The molecule has 1 unspecified atom stereocenters. The number of carbonyl (C=O) groups is 2. The predicted octanol–water partition coefficient (Wildman–Crippen LogP) is 2.94. The lowest BCUT2D eigenvalue weighted by atomic mass is 10.0. The molecule has 0 saturated carbocycles. The van der Waals surface area contributed by atoms with Gasteiger partial charge in [0.1, 0.15) is 5.82 Å². The number of amides is 2. The van der Waals surface area contributed by atoms with E-state index in [0.29, 0.717) is 18.0 Å². The van der Waals surface area contributed by atoms with Gasteiger partial charge in [-0.1, -0.05) is 34.1 Å². The summed E-state index contributed by atoms with van der Waals surface area (Å²) in [6.07, 6.45) is 4.49. The van der Waals surface area contributed by atoms with Crippen LogP contribution in [0.1, 0.15) is 57.3 Å². The highest BCUT2D eigenvalue weighted by Gasteiger charge is 2.25. The largest absolute Gasteiger partial charge is 0.353 e. The molecule has 1 fully saturated rings. The molecule has 0 bridgehead atoms. The Bertz CT molecular complexity index is 605. The molecule has 1 saturated heterocycles. The van der Waals surface area contributed by atoms with Crippen molar-refractivity contribution in [2.45, 2.75) is 47.0 Å². The van der Waals surface area contributed by atoms with Crippen molar-refractivity contribution in [2.75, 3.05) is 37.6 Å². The third-order valence-electron chi connectivity index (χ3n) is 5.57. The summed E-state index contributed by atoms with van der Waals surface area (Å²) >= 11 is 0. The van der Waals surface area contributed by atoms with E-state index in [1.54, 1.807) is 6.20 Å². The fraction of sp³-hybridized carbons (Fsp3) is 0.667.